The van der Waals surface area contributed by atoms with Crippen molar-refractivity contribution in [2.24, 2.45) is 0 Å². The van der Waals surface area contributed by atoms with E-state index in [1.165, 1.54) is 12.1 Å². The molecule has 0 fully saturated rings. The Morgan fingerprint density at radius 3 is 2.69 bits per heavy atom. The molecule has 0 aliphatic heterocycles. The molecule has 0 aliphatic rings. The molecule has 3 nitrogen and oxygen atoms in total. The summed E-state index contributed by atoms with van der Waals surface area (Å²) < 4.78 is 0. The summed E-state index contributed by atoms with van der Waals surface area (Å²) in [6.45, 7) is 3.40. The van der Waals surface area contributed by atoms with Crippen molar-refractivity contribution in [3.63, 3.8) is 0 Å². The monoisotopic (exact) mass is 178 g/mol. The van der Waals surface area contributed by atoms with Gasteiger partial charge in [-0.2, -0.15) is 0 Å². The van der Waals surface area contributed by atoms with Crippen molar-refractivity contribution in [2.75, 3.05) is 0 Å². The summed E-state index contributed by atoms with van der Waals surface area (Å²) in [4.78, 5) is 10.4. The van der Waals surface area contributed by atoms with Crippen molar-refractivity contribution in [1.82, 2.24) is 0 Å². The largest absolute Gasteiger partial charge is 0.508 e. The lowest BCUT2D eigenvalue weighted by molar-refractivity contribution is -0.132. The predicted octanol–water partition coefficient (Wildman–Crippen LogP) is 1.58. The van der Waals surface area contributed by atoms with E-state index >= 15 is 0 Å². The highest BCUT2D eigenvalue weighted by molar-refractivity contribution is 5.86. The van der Waals surface area contributed by atoms with E-state index in [0.29, 0.717) is 0 Å². The number of hydrogen-bond acceptors (Lipinski definition) is 2. The second-order valence-electron chi connectivity index (χ2n) is 2.76. The number of carboxylic acid groups (broad SMARTS) is 1. The van der Waals surface area contributed by atoms with Crippen LogP contribution in [0.15, 0.2) is 36.4 Å². The van der Waals surface area contributed by atoms with Crippen molar-refractivity contribution < 1.29 is 15.0 Å². The van der Waals surface area contributed by atoms with E-state index in [0.717, 1.165) is 5.56 Å². The van der Waals surface area contributed by atoms with Crippen LogP contribution >= 0.6 is 0 Å². The topological polar surface area (TPSA) is 57.5 Å². The number of phenolic OH excluding ortho intramolecular Hbond substituents is 1. The first kappa shape index (κ1) is 9.32. The maximum absolute atomic E-state index is 10.4. The molecular formula is C10H10O3. The molecule has 2 N–H and O–H groups in total. The SMILES string of the molecule is C=C(Cc1cccc(O)c1)C(=O)O. The molecule has 0 radical (unpaired) electrons. The van der Waals surface area contributed by atoms with Crippen molar-refractivity contribution in [3.05, 3.63) is 42.0 Å². The molecule has 0 saturated heterocycles. The second-order valence-corrected chi connectivity index (χ2v) is 2.76. The van der Waals surface area contributed by atoms with Gasteiger partial charge in [0.2, 0.25) is 0 Å². The van der Waals surface area contributed by atoms with Gasteiger partial charge in [0.25, 0.3) is 0 Å². The minimum absolute atomic E-state index is 0.116. The zero-order valence-electron chi connectivity index (χ0n) is 7.03. The number of benzene rings is 1. The molecule has 0 saturated carbocycles. The fraction of sp³-hybridized carbons (Fsp3) is 0.100. The average Bonchev–Trinajstić information content (AvgIpc) is 2.04. The minimum Gasteiger partial charge on any atom is -0.508 e. The van der Waals surface area contributed by atoms with Gasteiger partial charge in [-0.3, -0.25) is 0 Å². The van der Waals surface area contributed by atoms with Crippen LogP contribution in [-0.4, -0.2) is 16.2 Å². The Morgan fingerprint density at radius 2 is 2.15 bits per heavy atom. The van der Waals surface area contributed by atoms with Crippen molar-refractivity contribution in [1.29, 1.82) is 0 Å². The Kier molecular flexibility index (Phi) is 2.69. The van der Waals surface area contributed by atoms with Crippen LogP contribution in [0.3, 0.4) is 0 Å². The highest BCUT2D eigenvalue weighted by Gasteiger charge is 2.04. The van der Waals surface area contributed by atoms with Gasteiger partial charge in [-0.25, -0.2) is 4.79 Å². The molecule has 0 atom stereocenters. The Morgan fingerprint density at radius 1 is 1.46 bits per heavy atom. The third kappa shape index (κ3) is 2.63. The molecular weight excluding hydrogens is 168 g/mol. The molecule has 0 bridgehead atoms. The predicted molar refractivity (Wildman–Crippen MR) is 48.6 cm³/mol. The lowest BCUT2D eigenvalue weighted by Gasteiger charge is -2.00. The lowest BCUT2D eigenvalue weighted by Crippen LogP contribution is -2.01. The van der Waals surface area contributed by atoms with Gasteiger partial charge in [0.1, 0.15) is 5.75 Å². The van der Waals surface area contributed by atoms with Gasteiger partial charge in [-0.15, -0.1) is 0 Å². The lowest BCUT2D eigenvalue weighted by atomic mass is 10.1. The summed E-state index contributed by atoms with van der Waals surface area (Å²) >= 11 is 0. The van der Waals surface area contributed by atoms with E-state index < -0.39 is 5.97 Å². The Hall–Kier alpha value is -1.77. The van der Waals surface area contributed by atoms with Crippen molar-refractivity contribution in [3.8, 4) is 5.75 Å². The van der Waals surface area contributed by atoms with Gasteiger partial charge >= 0.3 is 5.97 Å². The zero-order chi connectivity index (χ0) is 9.84. The maximum Gasteiger partial charge on any atom is 0.331 e. The van der Waals surface area contributed by atoms with Crippen LogP contribution < -0.4 is 0 Å². The summed E-state index contributed by atoms with van der Waals surface area (Å²) in [6, 6.07) is 6.47. The minimum atomic E-state index is -1.01. The third-order valence-corrected chi connectivity index (χ3v) is 1.63. The number of rotatable bonds is 3. The van der Waals surface area contributed by atoms with E-state index in [1.807, 2.05) is 0 Å². The Labute approximate surface area is 76.0 Å². The quantitative estimate of drug-likeness (QED) is 0.691. The van der Waals surface area contributed by atoms with Crippen molar-refractivity contribution >= 4 is 5.97 Å². The molecule has 0 aromatic heterocycles. The number of aliphatic carboxylic acids is 1. The number of carbonyl (C=O) groups is 1. The zero-order valence-corrected chi connectivity index (χ0v) is 7.03. The molecule has 1 rings (SSSR count). The van der Waals surface area contributed by atoms with Gasteiger partial charge in [0.05, 0.1) is 0 Å². The van der Waals surface area contributed by atoms with Gasteiger partial charge in [-0.1, -0.05) is 18.7 Å². The van der Waals surface area contributed by atoms with E-state index in [-0.39, 0.29) is 17.7 Å². The number of carboxylic acids is 1. The Balaban J connectivity index is 2.75. The molecule has 0 heterocycles. The first-order valence-corrected chi connectivity index (χ1v) is 3.78. The van der Waals surface area contributed by atoms with E-state index in [1.54, 1.807) is 12.1 Å². The Bertz CT molecular complexity index is 342. The van der Waals surface area contributed by atoms with Gasteiger partial charge in [-0.05, 0) is 17.7 Å². The summed E-state index contributed by atoms with van der Waals surface area (Å²) in [7, 11) is 0. The number of phenols is 1. The van der Waals surface area contributed by atoms with Crippen LogP contribution in [0.5, 0.6) is 5.75 Å². The summed E-state index contributed by atoms with van der Waals surface area (Å²) in [5.41, 5.74) is 0.859. The molecule has 0 unspecified atom stereocenters. The van der Waals surface area contributed by atoms with E-state index in [4.69, 9.17) is 10.2 Å². The first-order chi connectivity index (χ1) is 6.09. The van der Waals surface area contributed by atoms with E-state index in [9.17, 15) is 4.79 Å². The molecule has 0 spiro atoms. The fourth-order valence-electron chi connectivity index (χ4n) is 0.988. The standard InChI is InChI=1S/C10H10O3/c1-7(10(12)13)5-8-3-2-4-9(11)6-8/h2-4,6,11H,1,5H2,(H,12,13). The first-order valence-electron chi connectivity index (χ1n) is 3.78. The highest BCUT2D eigenvalue weighted by Crippen LogP contribution is 2.13. The summed E-state index contributed by atoms with van der Waals surface area (Å²) in [5, 5.41) is 17.6. The third-order valence-electron chi connectivity index (χ3n) is 1.63. The average molecular weight is 178 g/mol. The highest BCUT2D eigenvalue weighted by atomic mass is 16.4. The molecule has 13 heavy (non-hydrogen) atoms. The molecule has 3 heteroatoms. The van der Waals surface area contributed by atoms with Crippen LogP contribution in [0.1, 0.15) is 5.56 Å². The molecule has 1 aromatic carbocycles. The van der Waals surface area contributed by atoms with E-state index in [2.05, 4.69) is 6.58 Å². The number of aromatic hydroxyl groups is 1. The fourth-order valence-corrected chi connectivity index (χ4v) is 0.988. The van der Waals surface area contributed by atoms with Crippen LogP contribution in [0.4, 0.5) is 0 Å². The van der Waals surface area contributed by atoms with Crippen LogP contribution in [-0.2, 0) is 11.2 Å². The van der Waals surface area contributed by atoms with Gasteiger partial charge in [0, 0.05) is 12.0 Å². The number of hydrogen-bond donors (Lipinski definition) is 2. The molecule has 0 amide bonds. The van der Waals surface area contributed by atoms with Crippen molar-refractivity contribution in [2.45, 2.75) is 6.42 Å². The van der Waals surface area contributed by atoms with Crippen LogP contribution in [0.2, 0.25) is 0 Å². The van der Waals surface area contributed by atoms with Crippen LogP contribution in [0.25, 0.3) is 0 Å². The molecule has 68 valence electrons. The smallest absolute Gasteiger partial charge is 0.331 e. The van der Waals surface area contributed by atoms with Crippen LogP contribution in [0, 0.1) is 0 Å². The maximum atomic E-state index is 10.4. The normalized spacial score (nSPS) is 9.54. The summed E-state index contributed by atoms with van der Waals surface area (Å²) in [6.07, 6.45) is 0.254. The molecule has 1 aromatic rings. The van der Waals surface area contributed by atoms with Gasteiger partial charge < -0.3 is 10.2 Å². The van der Waals surface area contributed by atoms with Gasteiger partial charge in [0.15, 0.2) is 0 Å². The summed E-state index contributed by atoms with van der Waals surface area (Å²) in [5.74, 6) is -0.876. The molecule has 0 aliphatic carbocycles. The second kappa shape index (κ2) is 3.76.